The first kappa shape index (κ1) is 21.1. The second kappa shape index (κ2) is 9.73. The Hall–Kier alpha value is -3.62. The van der Waals surface area contributed by atoms with Gasteiger partial charge in [0.05, 0.1) is 27.2 Å². The fraction of sp³-hybridized carbons (Fsp3) is 0.333. The van der Waals surface area contributed by atoms with Crippen molar-refractivity contribution in [2.75, 3.05) is 33.9 Å². The quantitative estimate of drug-likeness (QED) is 0.730. The lowest BCUT2D eigenvalue weighted by atomic mass is 10.1. The maximum absolute atomic E-state index is 13.0. The van der Waals surface area contributed by atoms with Gasteiger partial charge in [-0.1, -0.05) is 30.3 Å². The normalized spacial score (nSPS) is 13.1. The van der Waals surface area contributed by atoms with Crippen molar-refractivity contribution >= 4 is 17.7 Å². The number of ether oxygens (including phenoxy) is 2. The van der Waals surface area contributed by atoms with E-state index in [0.29, 0.717) is 25.4 Å². The van der Waals surface area contributed by atoms with Crippen LogP contribution in [-0.4, -0.2) is 66.6 Å². The molecule has 2 aromatic rings. The van der Waals surface area contributed by atoms with Crippen LogP contribution in [0.4, 0.5) is 0 Å². The minimum atomic E-state index is -0.400. The molecule has 30 heavy (non-hydrogen) atoms. The number of amides is 3. The Morgan fingerprint density at radius 3 is 2.43 bits per heavy atom. The molecule has 1 aromatic heterocycles. The van der Waals surface area contributed by atoms with Gasteiger partial charge in [0, 0.05) is 19.2 Å². The number of nitrogens with one attached hydrogen (secondary N) is 1. The highest BCUT2D eigenvalue weighted by Gasteiger charge is 2.33. The Balaban J connectivity index is 1.62. The summed E-state index contributed by atoms with van der Waals surface area (Å²) in [4.78, 5) is 41.9. The summed E-state index contributed by atoms with van der Waals surface area (Å²) in [6, 6.07) is 12.4. The molecule has 0 saturated carbocycles. The molecule has 1 aliphatic heterocycles. The molecule has 0 radical (unpaired) electrons. The van der Waals surface area contributed by atoms with Crippen molar-refractivity contribution in [3.63, 3.8) is 0 Å². The first-order valence-corrected chi connectivity index (χ1v) is 9.55. The van der Waals surface area contributed by atoms with Gasteiger partial charge in [-0.3, -0.25) is 14.4 Å². The van der Waals surface area contributed by atoms with Crippen LogP contribution < -0.4 is 14.8 Å². The summed E-state index contributed by atoms with van der Waals surface area (Å²) in [5, 5.41) is 5.34. The fourth-order valence-electron chi connectivity index (χ4n) is 3.19. The highest BCUT2D eigenvalue weighted by atomic mass is 16.5. The van der Waals surface area contributed by atoms with E-state index in [1.165, 1.54) is 24.2 Å². The monoisotopic (exact) mass is 412 g/mol. The average molecular weight is 412 g/mol. The third-order valence-electron chi connectivity index (χ3n) is 4.67. The van der Waals surface area contributed by atoms with Crippen LogP contribution in [0.25, 0.3) is 0 Å². The molecule has 9 nitrogen and oxygen atoms in total. The van der Waals surface area contributed by atoms with Gasteiger partial charge in [-0.15, -0.1) is 0 Å². The molecule has 158 valence electrons. The molecular weight excluding hydrogens is 388 g/mol. The molecule has 1 saturated heterocycles. The Bertz CT molecular complexity index is 919. The number of hydrogen-bond donors (Lipinski definition) is 1. The molecule has 0 aliphatic carbocycles. The van der Waals surface area contributed by atoms with E-state index in [1.807, 2.05) is 30.3 Å². The molecule has 9 heteroatoms. The lowest BCUT2D eigenvalue weighted by molar-refractivity contribution is -0.140. The number of hydrazine groups is 1. The molecular formula is C21H24N4O5. The van der Waals surface area contributed by atoms with Gasteiger partial charge in [0.1, 0.15) is 5.56 Å². The lowest BCUT2D eigenvalue weighted by Gasteiger charge is -2.28. The summed E-state index contributed by atoms with van der Waals surface area (Å²) in [5.74, 6) is -0.576. The van der Waals surface area contributed by atoms with E-state index in [9.17, 15) is 14.4 Å². The van der Waals surface area contributed by atoms with Crippen molar-refractivity contribution < 1.29 is 23.9 Å². The molecule has 0 spiro atoms. The van der Waals surface area contributed by atoms with E-state index in [-0.39, 0.29) is 36.2 Å². The third kappa shape index (κ3) is 4.86. The number of aromatic nitrogens is 1. The molecule has 1 fully saturated rings. The van der Waals surface area contributed by atoms with Gasteiger partial charge < -0.3 is 14.8 Å². The van der Waals surface area contributed by atoms with Crippen LogP contribution in [-0.2, 0) is 16.0 Å². The van der Waals surface area contributed by atoms with Gasteiger partial charge in [-0.25, -0.2) is 10.0 Å². The molecule has 0 atom stereocenters. The first-order chi connectivity index (χ1) is 14.5. The molecule has 1 N–H and O–H groups in total. The number of nitrogens with zero attached hydrogens (tertiary/aromatic N) is 3. The van der Waals surface area contributed by atoms with Gasteiger partial charge in [0.25, 0.3) is 11.8 Å². The van der Waals surface area contributed by atoms with Crippen molar-refractivity contribution in [1.82, 2.24) is 20.3 Å². The maximum Gasteiger partial charge on any atom is 0.277 e. The summed E-state index contributed by atoms with van der Waals surface area (Å²) in [6.45, 7) is 0.593. The number of methoxy groups -OCH3 is 2. The summed E-state index contributed by atoms with van der Waals surface area (Å²) < 4.78 is 10.3. The van der Waals surface area contributed by atoms with Crippen molar-refractivity contribution in [1.29, 1.82) is 0 Å². The number of carbonyl (C=O) groups is 3. The summed E-state index contributed by atoms with van der Waals surface area (Å²) in [5.41, 5.74) is 1.09. The topological polar surface area (TPSA) is 101 Å². The van der Waals surface area contributed by atoms with Crippen molar-refractivity contribution in [2.24, 2.45) is 0 Å². The molecule has 3 rings (SSSR count). The maximum atomic E-state index is 13.0. The fourth-order valence-corrected chi connectivity index (χ4v) is 3.19. The van der Waals surface area contributed by atoms with Crippen LogP contribution in [0, 0.1) is 0 Å². The summed E-state index contributed by atoms with van der Waals surface area (Å²) in [6.07, 6.45) is 0.826. The van der Waals surface area contributed by atoms with Crippen molar-refractivity contribution in [2.45, 2.75) is 12.8 Å². The van der Waals surface area contributed by atoms with Crippen LogP contribution in [0.2, 0.25) is 0 Å². The van der Waals surface area contributed by atoms with E-state index in [4.69, 9.17) is 9.47 Å². The third-order valence-corrected chi connectivity index (χ3v) is 4.67. The molecule has 1 aliphatic rings. The van der Waals surface area contributed by atoms with Crippen molar-refractivity contribution in [3.8, 4) is 11.8 Å². The smallest absolute Gasteiger partial charge is 0.277 e. The average Bonchev–Trinajstić information content (AvgIpc) is 3.27. The Labute approximate surface area is 174 Å². The van der Waals surface area contributed by atoms with E-state index in [2.05, 4.69) is 10.3 Å². The van der Waals surface area contributed by atoms with Crippen LogP contribution in [0.3, 0.4) is 0 Å². The van der Waals surface area contributed by atoms with Gasteiger partial charge >= 0.3 is 0 Å². The van der Waals surface area contributed by atoms with Gasteiger partial charge in [0.15, 0.2) is 0 Å². The molecule has 0 unspecified atom stereocenters. The first-order valence-electron chi connectivity index (χ1n) is 9.55. The SMILES string of the molecule is COc1ccc(C(=O)N2CCCN2C(=O)CNC(=O)Cc2ccccc2)c(OC)n1. The number of pyridine rings is 1. The standard InChI is InChI=1S/C21H24N4O5/c1-29-18-10-9-16(20(23-18)30-2)21(28)25-12-6-11-24(25)19(27)14-22-17(26)13-15-7-4-3-5-8-15/h3-5,7-10H,6,11-14H2,1-2H3,(H,22,26). The Morgan fingerprint density at radius 1 is 1.00 bits per heavy atom. The zero-order valence-corrected chi connectivity index (χ0v) is 17.0. The molecule has 3 amide bonds. The second-order valence-corrected chi connectivity index (χ2v) is 6.65. The Morgan fingerprint density at radius 2 is 1.73 bits per heavy atom. The number of carbonyl (C=O) groups excluding carboxylic acids is 3. The van der Waals surface area contributed by atoms with Gasteiger partial charge in [0.2, 0.25) is 17.7 Å². The van der Waals surface area contributed by atoms with E-state index in [0.717, 1.165) is 5.56 Å². The minimum absolute atomic E-state index is 0.120. The largest absolute Gasteiger partial charge is 0.481 e. The van der Waals surface area contributed by atoms with E-state index >= 15 is 0 Å². The summed E-state index contributed by atoms with van der Waals surface area (Å²) in [7, 11) is 2.88. The second-order valence-electron chi connectivity index (χ2n) is 6.65. The highest BCUT2D eigenvalue weighted by molar-refractivity contribution is 5.98. The zero-order valence-electron chi connectivity index (χ0n) is 17.0. The van der Waals surface area contributed by atoms with E-state index in [1.54, 1.807) is 12.1 Å². The Kier molecular flexibility index (Phi) is 6.84. The number of hydrogen-bond acceptors (Lipinski definition) is 6. The van der Waals surface area contributed by atoms with Crippen molar-refractivity contribution in [3.05, 3.63) is 53.6 Å². The van der Waals surface area contributed by atoms with Crippen LogP contribution >= 0.6 is 0 Å². The predicted octanol–water partition coefficient (Wildman–Crippen LogP) is 1.05. The summed E-state index contributed by atoms with van der Waals surface area (Å²) >= 11 is 0. The highest BCUT2D eigenvalue weighted by Crippen LogP contribution is 2.23. The number of benzene rings is 1. The van der Waals surface area contributed by atoms with Crippen LogP contribution in [0.15, 0.2) is 42.5 Å². The van der Waals surface area contributed by atoms with Crippen LogP contribution in [0.5, 0.6) is 11.8 Å². The van der Waals surface area contributed by atoms with E-state index < -0.39 is 5.91 Å². The van der Waals surface area contributed by atoms with Gasteiger partial charge in [-0.05, 0) is 18.1 Å². The molecule has 1 aromatic carbocycles. The number of rotatable bonds is 7. The molecule has 0 bridgehead atoms. The molecule has 2 heterocycles. The predicted molar refractivity (Wildman–Crippen MR) is 108 cm³/mol. The van der Waals surface area contributed by atoms with Gasteiger partial charge in [-0.2, -0.15) is 4.98 Å². The van der Waals surface area contributed by atoms with Crippen LogP contribution in [0.1, 0.15) is 22.3 Å². The minimum Gasteiger partial charge on any atom is -0.481 e. The zero-order chi connectivity index (χ0) is 21.5. The lowest BCUT2D eigenvalue weighted by Crippen LogP contribution is -2.48.